The van der Waals surface area contributed by atoms with Crippen LogP contribution in [0.25, 0.3) is 10.9 Å². The number of aromatic amines is 1. The molecule has 0 bridgehead atoms. The van der Waals surface area contributed by atoms with Crippen LogP contribution in [-0.2, 0) is 4.74 Å². The van der Waals surface area contributed by atoms with E-state index in [0.717, 1.165) is 41.9 Å². The summed E-state index contributed by atoms with van der Waals surface area (Å²) in [6, 6.07) is 4.42. The van der Waals surface area contributed by atoms with Gasteiger partial charge < -0.3 is 15.4 Å². The normalized spacial score (nSPS) is 19.9. The fraction of sp³-hybridized carbons (Fsp3) is 0.417. The molecule has 0 saturated carbocycles. The highest BCUT2D eigenvalue weighted by molar-refractivity contribution is 5.88. The van der Waals surface area contributed by atoms with Gasteiger partial charge in [0.15, 0.2) is 0 Å². The second-order valence-electron chi connectivity index (χ2n) is 4.50. The number of anilines is 2. The van der Waals surface area contributed by atoms with Gasteiger partial charge in [-0.15, -0.1) is 0 Å². The fourth-order valence-corrected chi connectivity index (χ4v) is 2.33. The number of ether oxygens (including phenoxy) is 1. The van der Waals surface area contributed by atoms with Crippen molar-refractivity contribution in [2.45, 2.75) is 12.5 Å². The minimum atomic E-state index is 0.415. The predicted octanol–water partition coefficient (Wildman–Crippen LogP) is 1.37. The minimum Gasteiger partial charge on any atom is -0.397 e. The number of benzene rings is 1. The van der Waals surface area contributed by atoms with Gasteiger partial charge in [0, 0.05) is 19.0 Å². The monoisotopic (exact) mass is 232 g/mol. The lowest BCUT2D eigenvalue weighted by Crippen LogP contribution is -2.32. The molecule has 1 unspecified atom stereocenters. The lowest BCUT2D eigenvalue weighted by molar-refractivity contribution is 0.193. The Kier molecular flexibility index (Phi) is 2.40. The number of likely N-dealkylation sites (N-methyl/N-ethyl adjacent to an activating group) is 1. The topological polar surface area (TPSA) is 67.2 Å². The average molecular weight is 232 g/mol. The SMILES string of the molecule is CN(c1cc2[nH]ncc2cc1N)C1CCOC1. The van der Waals surface area contributed by atoms with Gasteiger partial charge in [-0.1, -0.05) is 0 Å². The molecule has 0 spiro atoms. The number of nitrogen functional groups attached to an aromatic ring is 1. The molecule has 17 heavy (non-hydrogen) atoms. The van der Waals surface area contributed by atoms with Crippen molar-refractivity contribution in [1.29, 1.82) is 0 Å². The first kappa shape index (κ1) is 10.4. The molecule has 5 heteroatoms. The number of aromatic nitrogens is 2. The third-order valence-electron chi connectivity index (χ3n) is 3.42. The first-order valence-electron chi connectivity index (χ1n) is 5.79. The van der Waals surface area contributed by atoms with Crippen LogP contribution in [0.2, 0.25) is 0 Å². The Balaban J connectivity index is 2.00. The first-order chi connectivity index (χ1) is 8.25. The van der Waals surface area contributed by atoms with E-state index in [1.54, 1.807) is 6.20 Å². The summed E-state index contributed by atoms with van der Waals surface area (Å²) in [4.78, 5) is 2.20. The predicted molar refractivity (Wildman–Crippen MR) is 68.1 cm³/mol. The third kappa shape index (κ3) is 1.72. The van der Waals surface area contributed by atoms with E-state index in [4.69, 9.17) is 10.5 Å². The largest absolute Gasteiger partial charge is 0.397 e. The summed E-state index contributed by atoms with van der Waals surface area (Å²) in [6.07, 6.45) is 2.84. The van der Waals surface area contributed by atoms with Crippen molar-refractivity contribution in [1.82, 2.24) is 10.2 Å². The van der Waals surface area contributed by atoms with Crippen molar-refractivity contribution in [3.05, 3.63) is 18.3 Å². The van der Waals surface area contributed by atoms with Crippen LogP contribution in [0.4, 0.5) is 11.4 Å². The van der Waals surface area contributed by atoms with Crippen LogP contribution >= 0.6 is 0 Å². The maximum atomic E-state index is 6.09. The second kappa shape index (κ2) is 3.92. The number of nitrogens with one attached hydrogen (secondary N) is 1. The van der Waals surface area contributed by atoms with E-state index in [1.807, 2.05) is 6.07 Å². The Morgan fingerprint density at radius 2 is 2.41 bits per heavy atom. The highest BCUT2D eigenvalue weighted by Gasteiger charge is 2.22. The number of fused-ring (bicyclic) bond motifs is 1. The number of hydrogen-bond acceptors (Lipinski definition) is 4. The van der Waals surface area contributed by atoms with Crippen molar-refractivity contribution in [3.8, 4) is 0 Å². The number of hydrogen-bond donors (Lipinski definition) is 2. The molecule has 90 valence electrons. The quantitative estimate of drug-likeness (QED) is 0.767. The Hall–Kier alpha value is -1.75. The molecular formula is C12H16N4O. The summed E-state index contributed by atoms with van der Waals surface area (Å²) in [7, 11) is 2.06. The van der Waals surface area contributed by atoms with Crippen molar-refractivity contribution in [2.75, 3.05) is 30.9 Å². The lowest BCUT2D eigenvalue weighted by atomic mass is 10.1. The summed E-state index contributed by atoms with van der Waals surface area (Å²) >= 11 is 0. The first-order valence-corrected chi connectivity index (χ1v) is 5.79. The van der Waals surface area contributed by atoms with Gasteiger partial charge in [0.2, 0.25) is 0 Å². The van der Waals surface area contributed by atoms with E-state index in [0.29, 0.717) is 6.04 Å². The highest BCUT2D eigenvalue weighted by atomic mass is 16.5. The average Bonchev–Trinajstić information content (AvgIpc) is 2.97. The molecule has 5 nitrogen and oxygen atoms in total. The van der Waals surface area contributed by atoms with E-state index >= 15 is 0 Å². The van der Waals surface area contributed by atoms with Crippen LogP contribution in [-0.4, -0.2) is 36.5 Å². The number of rotatable bonds is 2. The molecular weight excluding hydrogens is 216 g/mol. The molecule has 2 aromatic rings. The third-order valence-corrected chi connectivity index (χ3v) is 3.42. The molecule has 0 aliphatic carbocycles. The van der Waals surface area contributed by atoms with Gasteiger partial charge in [-0.3, -0.25) is 5.10 Å². The summed E-state index contributed by atoms with van der Waals surface area (Å²) in [5, 5.41) is 8.03. The summed E-state index contributed by atoms with van der Waals surface area (Å²) in [5.41, 5.74) is 8.93. The Morgan fingerprint density at radius 3 is 3.18 bits per heavy atom. The maximum Gasteiger partial charge on any atom is 0.0672 e. The van der Waals surface area contributed by atoms with E-state index in [-0.39, 0.29) is 0 Å². The zero-order valence-corrected chi connectivity index (χ0v) is 9.81. The van der Waals surface area contributed by atoms with E-state index < -0.39 is 0 Å². The van der Waals surface area contributed by atoms with Crippen LogP contribution < -0.4 is 10.6 Å². The summed E-state index contributed by atoms with van der Waals surface area (Å²) in [6.45, 7) is 1.61. The van der Waals surface area contributed by atoms with Crippen molar-refractivity contribution in [3.63, 3.8) is 0 Å². The van der Waals surface area contributed by atoms with Gasteiger partial charge in [-0.2, -0.15) is 5.10 Å². The summed E-state index contributed by atoms with van der Waals surface area (Å²) in [5.74, 6) is 0. The molecule has 1 saturated heterocycles. The van der Waals surface area contributed by atoms with Crippen LogP contribution in [0.3, 0.4) is 0 Å². The van der Waals surface area contributed by atoms with Crippen LogP contribution in [0.1, 0.15) is 6.42 Å². The van der Waals surface area contributed by atoms with E-state index in [9.17, 15) is 0 Å². The van der Waals surface area contributed by atoms with Gasteiger partial charge in [0.25, 0.3) is 0 Å². The number of nitrogens with two attached hydrogens (primary N) is 1. The van der Waals surface area contributed by atoms with Crippen LogP contribution in [0, 0.1) is 0 Å². The minimum absolute atomic E-state index is 0.415. The molecule has 2 heterocycles. The molecule has 0 radical (unpaired) electrons. The van der Waals surface area contributed by atoms with Gasteiger partial charge in [-0.25, -0.2) is 0 Å². The Labute approximate surface area is 99.5 Å². The van der Waals surface area contributed by atoms with Gasteiger partial charge in [-0.05, 0) is 18.6 Å². The zero-order chi connectivity index (χ0) is 11.8. The molecule has 1 atom stereocenters. The number of nitrogens with zero attached hydrogens (tertiary/aromatic N) is 2. The highest BCUT2D eigenvalue weighted by Crippen LogP contribution is 2.30. The number of H-pyrrole nitrogens is 1. The smallest absolute Gasteiger partial charge is 0.0672 e. The van der Waals surface area contributed by atoms with Crippen molar-refractivity contribution < 1.29 is 4.74 Å². The van der Waals surface area contributed by atoms with Gasteiger partial charge in [0.05, 0.1) is 35.7 Å². The molecule has 1 aromatic carbocycles. The second-order valence-corrected chi connectivity index (χ2v) is 4.50. The lowest BCUT2D eigenvalue weighted by Gasteiger charge is -2.26. The zero-order valence-electron chi connectivity index (χ0n) is 9.81. The van der Waals surface area contributed by atoms with Gasteiger partial charge in [0.1, 0.15) is 0 Å². The molecule has 1 fully saturated rings. The van der Waals surface area contributed by atoms with Crippen LogP contribution in [0.15, 0.2) is 18.3 Å². The molecule has 1 aliphatic heterocycles. The fourth-order valence-electron chi connectivity index (χ4n) is 2.33. The van der Waals surface area contributed by atoms with E-state index in [2.05, 4.69) is 28.2 Å². The van der Waals surface area contributed by atoms with Gasteiger partial charge >= 0.3 is 0 Å². The van der Waals surface area contributed by atoms with Crippen molar-refractivity contribution in [2.24, 2.45) is 0 Å². The molecule has 3 N–H and O–H groups in total. The van der Waals surface area contributed by atoms with Crippen molar-refractivity contribution >= 4 is 22.3 Å². The molecule has 3 rings (SSSR count). The Bertz CT molecular complexity index is 530. The maximum absolute atomic E-state index is 6.09. The Morgan fingerprint density at radius 1 is 1.53 bits per heavy atom. The standard InChI is InChI=1S/C12H16N4O/c1-16(9-2-3-17-7-9)12-5-11-8(4-10(12)13)6-14-15-11/h4-6,9H,2-3,7,13H2,1H3,(H,14,15). The van der Waals surface area contributed by atoms with E-state index in [1.165, 1.54) is 0 Å². The summed E-state index contributed by atoms with van der Waals surface area (Å²) < 4.78 is 5.41. The molecule has 1 aliphatic rings. The van der Waals surface area contributed by atoms with Crippen LogP contribution in [0.5, 0.6) is 0 Å². The molecule has 0 amide bonds. The molecule has 1 aromatic heterocycles.